The predicted octanol–water partition coefficient (Wildman–Crippen LogP) is -1.38. The number of hydrogen-bond donors (Lipinski definition) is 9. The van der Waals surface area contributed by atoms with Crippen LogP contribution in [0.15, 0.2) is 39.5 Å². The van der Waals surface area contributed by atoms with E-state index in [2.05, 4.69) is 0 Å². The minimum Gasteiger partial charge on any atom is -0.508 e. The summed E-state index contributed by atoms with van der Waals surface area (Å²) in [5.74, 6) is -2.40. The number of fused-ring (bicyclic) bond motifs is 1. The molecule has 3 heterocycles. The van der Waals surface area contributed by atoms with Crippen molar-refractivity contribution in [2.24, 2.45) is 0 Å². The molecule has 0 unspecified atom stereocenters. The summed E-state index contributed by atoms with van der Waals surface area (Å²) < 4.78 is 33.4. The zero-order valence-corrected chi connectivity index (χ0v) is 23.3. The zero-order chi connectivity index (χ0) is 32.0. The van der Waals surface area contributed by atoms with Gasteiger partial charge in [0.15, 0.2) is 23.5 Å². The summed E-state index contributed by atoms with van der Waals surface area (Å²) in [6, 6.07) is 5.72. The Balaban J connectivity index is 1.50. The van der Waals surface area contributed by atoms with Crippen molar-refractivity contribution in [3.8, 4) is 40.1 Å². The largest absolute Gasteiger partial charge is 0.508 e. The van der Waals surface area contributed by atoms with Gasteiger partial charge in [0.25, 0.3) is 0 Å². The van der Waals surface area contributed by atoms with E-state index in [0.717, 1.165) is 24.3 Å². The van der Waals surface area contributed by atoms with E-state index < -0.39 is 90.7 Å². The molecule has 9 N–H and O–H groups in total. The molecular formula is C28H32O16. The molecule has 2 aromatic carbocycles. The topological polar surface area (TPSA) is 258 Å². The first-order chi connectivity index (χ1) is 20.8. The van der Waals surface area contributed by atoms with Crippen molar-refractivity contribution in [3.63, 3.8) is 0 Å². The first kappa shape index (κ1) is 31.7. The Labute approximate surface area is 248 Å². The number of benzene rings is 2. The summed E-state index contributed by atoms with van der Waals surface area (Å²) in [4.78, 5) is 13.8. The van der Waals surface area contributed by atoms with Crippen LogP contribution in [-0.2, 0) is 14.2 Å². The van der Waals surface area contributed by atoms with E-state index in [-0.39, 0.29) is 33.8 Å². The number of aliphatic hydroxyl groups excluding tert-OH is 6. The van der Waals surface area contributed by atoms with Gasteiger partial charge in [-0.25, -0.2) is 0 Å². The molecule has 10 atom stereocenters. The Morgan fingerprint density at radius 2 is 1.48 bits per heavy atom. The zero-order valence-electron chi connectivity index (χ0n) is 23.3. The fourth-order valence-corrected chi connectivity index (χ4v) is 4.98. The molecule has 0 bridgehead atoms. The van der Waals surface area contributed by atoms with Crippen LogP contribution in [0.25, 0.3) is 22.3 Å². The summed E-state index contributed by atoms with van der Waals surface area (Å²) in [7, 11) is 1.24. The highest BCUT2D eigenvalue weighted by atomic mass is 16.7. The van der Waals surface area contributed by atoms with E-state index in [9.17, 15) is 50.8 Å². The van der Waals surface area contributed by atoms with Crippen molar-refractivity contribution in [3.05, 3.63) is 40.6 Å². The SMILES string of the molecule is COc1cc(O)cc2oc(-c3ccc(O)c(O)c3)c(O[C@@H]3O[C@H](CO[C@@H]4O[C@@H](C)[C@H](O)[C@@H](O)[C@H]4O)[C@@H](O)[C@H](O)[C@H]3O)c(=O)c12. The molecule has 44 heavy (non-hydrogen) atoms. The molecule has 0 saturated carbocycles. The number of phenolic OH excluding ortho intramolecular Hbond substituents is 3. The average molecular weight is 625 g/mol. The lowest BCUT2D eigenvalue weighted by Crippen LogP contribution is -2.61. The maximum absolute atomic E-state index is 13.8. The number of ether oxygens (including phenoxy) is 5. The molecule has 0 spiro atoms. The highest BCUT2D eigenvalue weighted by Crippen LogP contribution is 2.39. The lowest BCUT2D eigenvalue weighted by molar-refractivity contribution is -0.318. The molecule has 2 saturated heterocycles. The third kappa shape index (κ3) is 5.74. The minimum atomic E-state index is -1.94. The normalized spacial score (nSPS) is 32.5. The molecule has 1 aromatic heterocycles. The molecule has 3 aromatic rings. The lowest BCUT2D eigenvalue weighted by Gasteiger charge is -2.42. The number of methoxy groups -OCH3 is 1. The summed E-state index contributed by atoms with van der Waals surface area (Å²) in [5, 5.41) is 91.9. The minimum absolute atomic E-state index is 0.0145. The highest BCUT2D eigenvalue weighted by Gasteiger charge is 2.47. The molecule has 16 nitrogen and oxygen atoms in total. The van der Waals surface area contributed by atoms with E-state index in [4.69, 9.17) is 28.1 Å². The van der Waals surface area contributed by atoms with E-state index in [1.807, 2.05) is 0 Å². The van der Waals surface area contributed by atoms with Gasteiger partial charge in [0.1, 0.15) is 65.2 Å². The fraction of sp³-hybridized carbons (Fsp3) is 0.464. The van der Waals surface area contributed by atoms with Gasteiger partial charge >= 0.3 is 0 Å². The molecule has 2 aliphatic heterocycles. The van der Waals surface area contributed by atoms with Crippen LogP contribution in [0.3, 0.4) is 0 Å². The van der Waals surface area contributed by atoms with Crippen molar-refractivity contribution >= 4 is 11.0 Å². The van der Waals surface area contributed by atoms with Gasteiger partial charge in [0.2, 0.25) is 17.5 Å². The molecule has 16 heteroatoms. The summed E-state index contributed by atoms with van der Waals surface area (Å²) in [5.41, 5.74) is -1.02. The monoisotopic (exact) mass is 624 g/mol. The van der Waals surface area contributed by atoms with Gasteiger partial charge in [-0.2, -0.15) is 0 Å². The Morgan fingerprint density at radius 1 is 0.795 bits per heavy atom. The number of phenols is 3. The molecule has 0 aliphatic carbocycles. The molecule has 2 fully saturated rings. The Morgan fingerprint density at radius 3 is 2.16 bits per heavy atom. The number of aromatic hydroxyl groups is 3. The molecule has 240 valence electrons. The van der Waals surface area contributed by atoms with Gasteiger partial charge in [-0.1, -0.05) is 0 Å². The molecule has 2 aliphatic rings. The van der Waals surface area contributed by atoms with Crippen LogP contribution in [0.2, 0.25) is 0 Å². The maximum Gasteiger partial charge on any atom is 0.239 e. The molecule has 5 rings (SSSR count). The Hall–Kier alpha value is -3.71. The van der Waals surface area contributed by atoms with Crippen molar-refractivity contribution in [2.45, 2.75) is 68.3 Å². The van der Waals surface area contributed by atoms with Gasteiger partial charge in [-0.15, -0.1) is 0 Å². The van der Waals surface area contributed by atoms with Crippen molar-refractivity contribution < 1.29 is 74.1 Å². The van der Waals surface area contributed by atoms with E-state index >= 15 is 0 Å². The van der Waals surface area contributed by atoms with Gasteiger partial charge in [0.05, 0.1) is 19.8 Å². The van der Waals surface area contributed by atoms with Crippen molar-refractivity contribution in [2.75, 3.05) is 13.7 Å². The van der Waals surface area contributed by atoms with Crippen LogP contribution in [-0.4, -0.2) is 121 Å². The summed E-state index contributed by atoms with van der Waals surface area (Å²) >= 11 is 0. The van der Waals surface area contributed by atoms with Crippen LogP contribution >= 0.6 is 0 Å². The summed E-state index contributed by atoms with van der Waals surface area (Å²) in [6.45, 7) is 0.850. The lowest BCUT2D eigenvalue weighted by atomic mass is 9.98. The smallest absolute Gasteiger partial charge is 0.239 e. The second-order valence-electron chi connectivity index (χ2n) is 10.5. The molecular weight excluding hydrogens is 592 g/mol. The van der Waals surface area contributed by atoms with Gasteiger partial charge in [-0.05, 0) is 25.1 Å². The molecule has 0 amide bonds. The van der Waals surface area contributed by atoms with Gasteiger partial charge < -0.3 is 74.1 Å². The highest BCUT2D eigenvalue weighted by molar-refractivity contribution is 5.88. The summed E-state index contributed by atoms with van der Waals surface area (Å²) in [6.07, 6.45) is -16.0. The van der Waals surface area contributed by atoms with Gasteiger partial charge in [-0.3, -0.25) is 4.79 Å². The van der Waals surface area contributed by atoms with Crippen molar-refractivity contribution in [1.82, 2.24) is 0 Å². The number of rotatable bonds is 7. The van der Waals surface area contributed by atoms with Gasteiger partial charge in [0, 0.05) is 17.7 Å². The second kappa shape index (κ2) is 12.4. The average Bonchev–Trinajstić information content (AvgIpc) is 2.99. The molecule has 0 radical (unpaired) electrons. The second-order valence-corrected chi connectivity index (χ2v) is 10.5. The standard InChI is InChI=1S/C28H32O16/c1-9-18(32)21(35)23(37)27(41-9)40-8-16-19(33)22(36)24(38)28(43-16)44-26-20(34)17-14(39-2)6-11(29)7-15(17)42-25(26)10-3-4-12(30)13(31)5-10/h3-7,9,16,18-19,21-24,27-33,35-38H,8H2,1-2H3/t9-,16+,18-,19+,21+,22-,23+,24+,27+,28-/m0/s1. The van der Waals surface area contributed by atoms with Crippen LogP contribution in [0.4, 0.5) is 0 Å². The van der Waals surface area contributed by atoms with Crippen LogP contribution in [0.1, 0.15) is 6.92 Å². The van der Waals surface area contributed by atoms with E-state index in [0.29, 0.717) is 0 Å². The third-order valence-electron chi connectivity index (χ3n) is 7.50. The van der Waals surface area contributed by atoms with Crippen LogP contribution in [0.5, 0.6) is 28.7 Å². The van der Waals surface area contributed by atoms with Crippen molar-refractivity contribution in [1.29, 1.82) is 0 Å². The Kier molecular flexibility index (Phi) is 8.90. The number of hydrogen-bond acceptors (Lipinski definition) is 16. The maximum atomic E-state index is 13.8. The Bertz CT molecular complexity index is 1560. The fourth-order valence-electron chi connectivity index (χ4n) is 4.98. The van der Waals surface area contributed by atoms with Crippen LogP contribution in [0, 0.1) is 0 Å². The van der Waals surface area contributed by atoms with E-state index in [1.165, 1.54) is 20.1 Å². The first-order valence-corrected chi connectivity index (χ1v) is 13.4. The van der Waals surface area contributed by atoms with Crippen LogP contribution < -0.4 is 14.9 Å². The first-order valence-electron chi connectivity index (χ1n) is 13.4. The van der Waals surface area contributed by atoms with E-state index in [1.54, 1.807) is 0 Å². The predicted molar refractivity (Wildman–Crippen MR) is 145 cm³/mol. The quantitative estimate of drug-likeness (QED) is 0.137. The number of aliphatic hydroxyl groups is 6. The third-order valence-corrected chi connectivity index (χ3v) is 7.50.